The van der Waals surface area contributed by atoms with Crippen molar-refractivity contribution in [3.05, 3.63) is 0 Å². The number of nitrogens with one attached hydrogen (secondary N) is 1. The summed E-state index contributed by atoms with van der Waals surface area (Å²) in [5, 5.41) is 2.70. The zero-order chi connectivity index (χ0) is 9.47. The molecule has 2 rings (SSSR count). The van der Waals surface area contributed by atoms with E-state index in [1.807, 2.05) is 0 Å². The largest absolute Gasteiger partial charge is 0.433 e. The molecule has 72 valence electrons. The van der Waals surface area contributed by atoms with Crippen LogP contribution in [0.25, 0.3) is 0 Å². The van der Waals surface area contributed by atoms with Gasteiger partial charge in [-0.15, -0.1) is 0 Å². The molecule has 2 atom stereocenters. The van der Waals surface area contributed by atoms with Crippen LogP contribution >= 0.6 is 0 Å². The second-order valence-corrected chi connectivity index (χ2v) is 3.78. The predicted octanol–water partition coefficient (Wildman–Crippen LogP) is 0.997. The maximum absolute atomic E-state index is 11.4. The lowest BCUT2D eigenvalue weighted by Gasteiger charge is -2.33. The number of carbonyl (C=O) groups is 2. The van der Waals surface area contributed by atoms with Gasteiger partial charge in [0.05, 0.1) is 6.04 Å². The van der Waals surface area contributed by atoms with E-state index in [1.54, 1.807) is 0 Å². The first kappa shape index (κ1) is 8.53. The summed E-state index contributed by atoms with van der Waals surface area (Å²) >= 11 is 0. The van der Waals surface area contributed by atoms with Crippen molar-refractivity contribution in [3.63, 3.8) is 0 Å². The molecule has 1 aliphatic carbocycles. The lowest BCUT2D eigenvalue weighted by atomic mass is 9.78. The standard InChI is InChI=1S/C9H13NO3/c1-6(11)9-5-3-2-4-7(9)10-8(12)13-9/h7H,2-5H2,1H3,(H,10,12)/t7-,9+/m0/s1. The van der Waals surface area contributed by atoms with Gasteiger partial charge in [0.15, 0.2) is 11.4 Å². The smallest absolute Gasteiger partial charge is 0.408 e. The van der Waals surface area contributed by atoms with Crippen LogP contribution in [0.3, 0.4) is 0 Å². The molecule has 0 unspecified atom stereocenters. The van der Waals surface area contributed by atoms with E-state index in [9.17, 15) is 9.59 Å². The zero-order valence-corrected chi connectivity index (χ0v) is 7.63. The predicted molar refractivity (Wildman–Crippen MR) is 45.3 cm³/mol. The monoisotopic (exact) mass is 183 g/mol. The molecule has 1 saturated heterocycles. The minimum atomic E-state index is -0.838. The molecule has 4 heteroatoms. The van der Waals surface area contributed by atoms with Crippen LogP contribution in [0, 0.1) is 0 Å². The lowest BCUT2D eigenvalue weighted by molar-refractivity contribution is -0.136. The fourth-order valence-electron chi connectivity index (χ4n) is 2.28. The van der Waals surface area contributed by atoms with Gasteiger partial charge in [-0.2, -0.15) is 0 Å². The number of amides is 1. The van der Waals surface area contributed by atoms with Crippen molar-refractivity contribution in [3.8, 4) is 0 Å². The Kier molecular flexibility index (Phi) is 1.78. The Hall–Kier alpha value is -1.06. The second kappa shape index (κ2) is 2.72. The highest BCUT2D eigenvalue weighted by molar-refractivity contribution is 5.91. The Morgan fingerprint density at radius 2 is 2.38 bits per heavy atom. The van der Waals surface area contributed by atoms with Crippen molar-refractivity contribution in [1.29, 1.82) is 0 Å². The zero-order valence-electron chi connectivity index (χ0n) is 7.63. The number of alkyl carbamates (subject to hydrolysis) is 1. The van der Waals surface area contributed by atoms with Crippen LogP contribution in [0.1, 0.15) is 32.6 Å². The SMILES string of the molecule is CC(=O)[C@]12CCCC[C@@H]1NC(=O)O2. The van der Waals surface area contributed by atoms with Gasteiger partial charge in [-0.1, -0.05) is 6.42 Å². The highest BCUT2D eigenvalue weighted by Crippen LogP contribution is 2.36. The van der Waals surface area contributed by atoms with Crippen molar-refractivity contribution in [2.24, 2.45) is 0 Å². The summed E-state index contributed by atoms with van der Waals surface area (Å²) in [5.41, 5.74) is -0.838. The summed E-state index contributed by atoms with van der Waals surface area (Å²) in [5.74, 6) is -0.0319. The van der Waals surface area contributed by atoms with Crippen LogP contribution in [0.2, 0.25) is 0 Å². The molecule has 0 radical (unpaired) electrons. The Morgan fingerprint density at radius 1 is 1.62 bits per heavy atom. The van der Waals surface area contributed by atoms with Crippen LogP contribution in [-0.2, 0) is 9.53 Å². The van der Waals surface area contributed by atoms with E-state index in [0.717, 1.165) is 19.3 Å². The van der Waals surface area contributed by atoms with Crippen LogP contribution in [-0.4, -0.2) is 23.5 Å². The molecule has 0 spiro atoms. The minimum Gasteiger partial charge on any atom is -0.433 e. The molecule has 1 amide bonds. The lowest BCUT2D eigenvalue weighted by Crippen LogP contribution is -2.51. The average molecular weight is 183 g/mol. The summed E-state index contributed by atoms with van der Waals surface area (Å²) in [7, 11) is 0. The number of Topliss-reactive ketones (excluding diaryl/α,β-unsaturated/α-hetero) is 1. The van der Waals surface area contributed by atoms with Crippen molar-refractivity contribution >= 4 is 11.9 Å². The molecule has 1 saturated carbocycles. The van der Waals surface area contributed by atoms with Gasteiger partial charge in [0.2, 0.25) is 0 Å². The van der Waals surface area contributed by atoms with E-state index in [2.05, 4.69) is 5.32 Å². The van der Waals surface area contributed by atoms with Crippen LogP contribution in [0.4, 0.5) is 4.79 Å². The van der Waals surface area contributed by atoms with Crippen molar-refractivity contribution in [2.45, 2.75) is 44.2 Å². The molecule has 0 aromatic carbocycles. The fourth-order valence-corrected chi connectivity index (χ4v) is 2.28. The third-order valence-corrected chi connectivity index (χ3v) is 3.02. The number of ketones is 1. The number of rotatable bonds is 1. The first-order valence-corrected chi connectivity index (χ1v) is 4.66. The van der Waals surface area contributed by atoms with Crippen molar-refractivity contribution < 1.29 is 14.3 Å². The van der Waals surface area contributed by atoms with Gasteiger partial charge in [0, 0.05) is 0 Å². The highest BCUT2D eigenvalue weighted by atomic mass is 16.6. The highest BCUT2D eigenvalue weighted by Gasteiger charge is 2.53. The number of carbonyl (C=O) groups excluding carboxylic acids is 2. The molecule has 1 aliphatic heterocycles. The van der Waals surface area contributed by atoms with Gasteiger partial charge in [-0.3, -0.25) is 4.79 Å². The Balaban J connectivity index is 2.29. The molecule has 0 bridgehead atoms. The first-order valence-electron chi connectivity index (χ1n) is 4.66. The summed E-state index contributed by atoms with van der Waals surface area (Å²) < 4.78 is 5.11. The van der Waals surface area contributed by atoms with Crippen LogP contribution < -0.4 is 5.32 Å². The Labute approximate surface area is 76.6 Å². The third-order valence-electron chi connectivity index (χ3n) is 3.02. The fraction of sp³-hybridized carbons (Fsp3) is 0.778. The van der Waals surface area contributed by atoms with Crippen LogP contribution in [0.5, 0.6) is 0 Å². The van der Waals surface area contributed by atoms with Crippen molar-refractivity contribution in [1.82, 2.24) is 5.32 Å². The molecule has 2 fully saturated rings. The van der Waals surface area contributed by atoms with E-state index >= 15 is 0 Å². The van der Waals surface area contributed by atoms with Gasteiger partial charge >= 0.3 is 6.09 Å². The molecular formula is C9H13NO3. The van der Waals surface area contributed by atoms with E-state index in [-0.39, 0.29) is 11.8 Å². The van der Waals surface area contributed by atoms with E-state index < -0.39 is 11.7 Å². The number of ether oxygens (including phenoxy) is 1. The molecule has 13 heavy (non-hydrogen) atoms. The van der Waals surface area contributed by atoms with Gasteiger partial charge in [-0.05, 0) is 26.2 Å². The summed E-state index contributed by atoms with van der Waals surface area (Å²) in [6.45, 7) is 1.50. The van der Waals surface area contributed by atoms with Gasteiger partial charge < -0.3 is 10.1 Å². The molecule has 1 N–H and O–H groups in total. The topological polar surface area (TPSA) is 55.4 Å². The number of fused-ring (bicyclic) bond motifs is 1. The normalized spacial score (nSPS) is 37.6. The molecule has 1 heterocycles. The Bertz CT molecular complexity index is 264. The van der Waals surface area contributed by atoms with Gasteiger partial charge in [0.1, 0.15) is 0 Å². The molecule has 4 nitrogen and oxygen atoms in total. The van der Waals surface area contributed by atoms with E-state index in [1.165, 1.54) is 6.92 Å². The maximum Gasteiger partial charge on any atom is 0.408 e. The summed E-state index contributed by atoms with van der Waals surface area (Å²) in [6, 6.07) is -0.0914. The second-order valence-electron chi connectivity index (χ2n) is 3.78. The van der Waals surface area contributed by atoms with Gasteiger partial charge in [0.25, 0.3) is 0 Å². The van der Waals surface area contributed by atoms with Crippen molar-refractivity contribution in [2.75, 3.05) is 0 Å². The minimum absolute atomic E-state index is 0.0319. The molecule has 0 aromatic rings. The quantitative estimate of drug-likeness (QED) is 0.659. The van der Waals surface area contributed by atoms with Crippen LogP contribution in [0.15, 0.2) is 0 Å². The first-order chi connectivity index (χ1) is 6.15. The number of hydrogen-bond acceptors (Lipinski definition) is 3. The Morgan fingerprint density at radius 3 is 3.00 bits per heavy atom. The van der Waals surface area contributed by atoms with Gasteiger partial charge in [-0.25, -0.2) is 4.79 Å². The maximum atomic E-state index is 11.4. The average Bonchev–Trinajstić information content (AvgIpc) is 2.41. The number of hydrogen-bond donors (Lipinski definition) is 1. The molecule has 2 aliphatic rings. The molecular weight excluding hydrogens is 170 g/mol. The summed E-state index contributed by atoms with van der Waals surface area (Å²) in [6.07, 6.45) is 3.10. The molecule has 0 aromatic heterocycles. The third kappa shape index (κ3) is 1.12. The van der Waals surface area contributed by atoms with E-state index in [4.69, 9.17) is 4.74 Å². The van der Waals surface area contributed by atoms with E-state index in [0.29, 0.717) is 6.42 Å². The summed E-state index contributed by atoms with van der Waals surface area (Å²) in [4.78, 5) is 22.5.